The molecule has 0 saturated carbocycles. The molecule has 0 aromatic rings. The molecule has 1 aliphatic rings. The summed E-state index contributed by atoms with van der Waals surface area (Å²) in [4.78, 5) is 0. The van der Waals surface area contributed by atoms with Gasteiger partial charge in [0.1, 0.15) is 0 Å². The fraction of sp³-hybridized carbons (Fsp3) is 1.00. The van der Waals surface area contributed by atoms with Crippen molar-refractivity contribution in [1.29, 1.82) is 0 Å². The van der Waals surface area contributed by atoms with Crippen LogP contribution < -0.4 is 0 Å². The maximum Gasteiger partial charge on any atom is 0.487 e. The molecule has 0 radical (unpaired) electrons. The van der Waals surface area contributed by atoms with Crippen LogP contribution in [0.2, 0.25) is 37.8 Å². The van der Waals surface area contributed by atoms with Gasteiger partial charge >= 0.3 is 7.12 Å². The van der Waals surface area contributed by atoms with Gasteiger partial charge in [-0.2, -0.15) is 0 Å². The van der Waals surface area contributed by atoms with Gasteiger partial charge in [-0.3, -0.25) is 0 Å². The molecule has 1 saturated heterocycles. The number of hydrogen-bond donors (Lipinski definition) is 0. The van der Waals surface area contributed by atoms with Crippen molar-refractivity contribution in [2.24, 2.45) is 5.92 Å². The van der Waals surface area contributed by atoms with E-state index in [4.69, 9.17) is 18.2 Å². The van der Waals surface area contributed by atoms with Crippen LogP contribution in [0.3, 0.4) is 0 Å². The lowest BCUT2D eigenvalue weighted by Gasteiger charge is -2.39. The Kier molecular flexibility index (Phi) is 7.16. The number of rotatable bonds is 7. The Morgan fingerprint density at radius 2 is 1.35 bits per heavy atom. The molecular formula is C19H43BO4Si2. The molecule has 154 valence electrons. The van der Waals surface area contributed by atoms with Gasteiger partial charge in [0.15, 0.2) is 16.6 Å². The van der Waals surface area contributed by atoms with E-state index in [9.17, 15) is 0 Å². The standard InChI is InChI=1S/C19H43BO4Si2/c1-15(14-21-26(12,13)17(2,3)4)16(22-25(9,10)11)20-23-18(5,6)19(7,8)24-20/h15-16H,14H2,1-13H3/t15-,16-/m1/s1. The van der Waals surface area contributed by atoms with Crippen LogP contribution in [0.25, 0.3) is 0 Å². The Bertz CT molecular complexity index is 465. The fourth-order valence-electron chi connectivity index (χ4n) is 2.52. The van der Waals surface area contributed by atoms with E-state index in [1.54, 1.807) is 0 Å². The molecule has 1 heterocycles. The van der Waals surface area contributed by atoms with Crippen molar-refractivity contribution in [2.45, 2.75) is 110 Å². The first-order chi connectivity index (χ1) is 11.3. The van der Waals surface area contributed by atoms with Gasteiger partial charge in [-0.25, -0.2) is 0 Å². The molecule has 26 heavy (non-hydrogen) atoms. The zero-order valence-electron chi connectivity index (χ0n) is 19.6. The van der Waals surface area contributed by atoms with E-state index < -0.39 is 16.6 Å². The summed E-state index contributed by atoms with van der Waals surface area (Å²) < 4.78 is 25.7. The topological polar surface area (TPSA) is 36.9 Å². The van der Waals surface area contributed by atoms with Crippen LogP contribution in [0.5, 0.6) is 0 Å². The SMILES string of the molecule is C[C@H](CO[Si](C)(C)C(C)(C)C)[C@@H](O[Si](C)(C)C)B1OC(C)(C)C(C)(C)O1. The van der Waals surface area contributed by atoms with Gasteiger partial charge in [0.2, 0.25) is 0 Å². The molecule has 0 aromatic heterocycles. The smallest absolute Gasteiger partial charge is 0.416 e. The summed E-state index contributed by atoms with van der Waals surface area (Å²) in [5.41, 5.74) is -0.697. The first-order valence-corrected chi connectivity index (χ1v) is 16.3. The average Bonchev–Trinajstić information content (AvgIpc) is 2.59. The minimum Gasteiger partial charge on any atom is -0.416 e. The number of hydrogen-bond acceptors (Lipinski definition) is 4. The molecule has 0 spiro atoms. The van der Waals surface area contributed by atoms with Gasteiger partial charge in [0, 0.05) is 12.5 Å². The molecular weight excluding hydrogens is 359 g/mol. The molecule has 0 aromatic carbocycles. The highest BCUT2D eigenvalue weighted by Crippen LogP contribution is 2.40. The van der Waals surface area contributed by atoms with Crippen LogP contribution in [0.15, 0.2) is 0 Å². The minimum atomic E-state index is -1.79. The Balaban J connectivity index is 2.94. The summed E-state index contributed by atoms with van der Waals surface area (Å²) in [6.45, 7) is 29.3. The van der Waals surface area contributed by atoms with E-state index >= 15 is 0 Å². The van der Waals surface area contributed by atoms with Crippen molar-refractivity contribution in [3.63, 3.8) is 0 Å². The van der Waals surface area contributed by atoms with Crippen LogP contribution in [-0.4, -0.2) is 47.6 Å². The van der Waals surface area contributed by atoms with Gasteiger partial charge in [-0.05, 0) is 65.5 Å². The molecule has 0 bridgehead atoms. The van der Waals surface area contributed by atoms with Crippen molar-refractivity contribution < 1.29 is 18.2 Å². The lowest BCUT2D eigenvalue weighted by atomic mass is 9.74. The molecule has 1 aliphatic heterocycles. The fourth-order valence-corrected chi connectivity index (χ4v) is 4.79. The summed E-state index contributed by atoms with van der Waals surface area (Å²) in [6, 6.07) is -0.118. The Morgan fingerprint density at radius 1 is 0.923 bits per heavy atom. The lowest BCUT2D eigenvalue weighted by Crippen LogP contribution is -2.50. The zero-order valence-corrected chi connectivity index (χ0v) is 21.6. The Morgan fingerprint density at radius 3 is 1.69 bits per heavy atom. The maximum absolute atomic E-state index is 6.55. The summed E-state index contributed by atoms with van der Waals surface area (Å²) in [7, 11) is -3.91. The third-order valence-corrected chi connectivity index (χ3v) is 11.6. The van der Waals surface area contributed by atoms with Crippen molar-refractivity contribution >= 4 is 23.8 Å². The highest BCUT2D eigenvalue weighted by molar-refractivity contribution is 6.74. The second-order valence-corrected chi connectivity index (χ2v) is 20.6. The lowest BCUT2D eigenvalue weighted by molar-refractivity contribution is 0.00578. The summed E-state index contributed by atoms with van der Waals surface area (Å²) in [5, 5.41) is 0.201. The highest BCUT2D eigenvalue weighted by Gasteiger charge is 2.56. The first-order valence-electron chi connectivity index (χ1n) is 9.96. The molecule has 1 rings (SSSR count). The highest BCUT2D eigenvalue weighted by atomic mass is 28.4. The van der Waals surface area contributed by atoms with Gasteiger partial charge < -0.3 is 18.2 Å². The monoisotopic (exact) mass is 402 g/mol. The normalized spacial score (nSPS) is 23.2. The van der Waals surface area contributed by atoms with Crippen LogP contribution >= 0.6 is 0 Å². The Labute approximate surface area is 165 Å². The summed E-state index contributed by atoms with van der Waals surface area (Å²) in [5.74, 6) is 0.200. The maximum atomic E-state index is 6.55. The van der Waals surface area contributed by atoms with E-state index in [0.717, 1.165) is 0 Å². The van der Waals surface area contributed by atoms with Crippen LogP contribution in [0.4, 0.5) is 0 Å². The van der Waals surface area contributed by atoms with Crippen LogP contribution in [0.1, 0.15) is 55.4 Å². The quantitative estimate of drug-likeness (QED) is 0.527. The first kappa shape index (κ1) is 24.4. The van der Waals surface area contributed by atoms with E-state index in [1.165, 1.54) is 0 Å². The molecule has 7 heteroatoms. The van der Waals surface area contributed by atoms with Gasteiger partial charge in [-0.15, -0.1) is 0 Å². The van der Waals surface area contributed by atoms with E-state index in [-0.39, 0.29) is 35.3 Å². The molecule has 4 nitrogen and oxygen atoms in total. The average molecular weight is 403 g/mol. The predicted octanol–water partition coefficient (Wildman–Crippen LogP) is 5.50. The second-order valence-electron chi connectivity index (χ2n) is 11.4. The molecule has 0 unspecified atom stereocenters. The predicted molar refractivity (Wildman–Crippen MR) is 117 cm³/mol. The van der Waals surface area contributed by atoms with E-state index in [2.05, 4.69) is 88.1 Å². The second kappa shape index (κ2) is 7.64. The minimum absolute atomic E-state index is 0.118. The summed E-state index contributed by atoms with van der Waals surface area (Å²) in [6.07, 6.45) is 0. The van der Waals surface area contributed by atoms with Crippen molar-refractivity contribution in [1.82, 2.24) is 0 Å². The van der Waals surface area contributed by atoms with E-state index in [1.807, 2.05) is 0 Å². The third kappa shape index (κ3) is 5.92. The van der Waals surface area contributed by atoms with Gasteiger partial charge in [-0.1, -0.05) is 27.7 Å². The van der Waals surface area contributed by atoms with Crippen LogP contribution in [0, 0.1) is 5.92 Å². The van der Waals surface area contributed by atoms with Crippen molar-refractivity contribution in [3.8, 4) is 0 Å². The molecule has 0 aliphatic carbocycles. The molecule has 1 fully saturated rings. The van der Waals surface area contributed by atoms with E-state index in [0.29, 0.717) is 6.61 Å². The van der Waals surface area contributed by atoms with Crippen molar-refractivity contribution in [2.75, 3.05) is 6.61 Å². The van der Waals surface area contributed by atoms with Gasteiger partial charge in [0.25, 0.3) is 0 Å². The third-order valence-electron chi connectivity index (χ3n) is 6.10. The van der Waals surface area contributed by atoms with Crippen molar-refractivity contribution in [3.05, 3.63) is 0 Å². The molecule has 0 amide bonds. The zero-order chi connectivity index (χ0) is 20.8. The van der Waals surface area contributed by atoms with Gasteiger partial charge in [0.05, 0.1) is 17.2 Å². The summed E-state index contributed by atoms with van der Waals surface area (Å²) >= 11 is 0. The molecule has 0 N–H and O–H groups in total. The van der Waals surface area contributed by atoms with Crippen LogP contribution in [-0.2, 0) is 18.2 Å². The Hall–Kier alpha value is 0.339. The largest absolute Gasteiger partial charge is 0.487 e. The molecule has 2 atom stereocenters.